The molecule has 0 fully saturated rings. The lowest BCUT2D eigenvalue weighted by molar-refractivity contribution is -0.110. The Morgan fingerprint density at radius 3 is 2.00 bits per heavy atom. The van der Waals surface area contributed by atoms with Crippen LogP contribution in [0.2, 0.25) is 20.1 Å². The van der Waals surface area contributed by atoms with Gasteiger partial charge in [-0.2, -0.15) is 0 Å². The number of hydrogen-bond donors (Lipinski definition) is 0. The van der Waals surface area contributed by atoms with Crippen LogP contribution in [-0.4, -0.2) is 20.2 Å². The predicted octanol–water partition coefficient (Wildman–Crippen LogP) is 5.26. The average Bonchev–Trinajstić information content (AvgIpc) is 2.49. The van der Waals surface area contributed by atoms with E-state index in [1.807, 2.05) is 0 Å². The zero-order valence-electron chi connectivity index (χ0n) is 11.6. The molecule has 0 spiro atoms. The lowest BCUT2D eigenvalue weighted by Gasteiger charge is -2.24. The minimum Gasteiger partial charge on any atom is -0.279 e. The maximum Gasteiger partial charge on any atom is 0.264 e. The monoisotopic (exact) mass is 445 g/mol. The lowest BCUT2D eigenvalue weighted by Crippen LogP contribution is -2.34. The second-order valence-electron chi connectivity index (χ2n) is 4.54. The number of nitrogens with zero attached hydrogens (tertiary/aromatic N) is 1. The van der Waals surface area contributed by atoms with Crippen LogP contribution < -0.4 is 4.31 Å². The van der Waals surface area contributed by atoms with Crippen molar-refractivity contribution in [2.75, 3.05) is 10.8 Å². The van der Waals surface area contributed by atoms with E-state index >= 15 is 0 Å². The molecule has 10 heteroatoms. The van der Waals surface area contributed by atoms with Gasteiger partial charge in [0.15, 0.2) is 0 Å². The molecule has 0 aliphatic rings. The molecule has 2 aromatic rings. The first-order valence-electron chi connectivity index (χ1n) is 6.24. The summed E-state index contributed by atoms with van der Waals surface area (Å²) in [5.74, 6) is 0. The topological polar surface area (TPSA) is 54.5 Å². The van der Waals surface area contributed by atoms with Gasteiger partial charge in [0, 0.05) is 5.02 Å². The van der Waals surface area contributed by atoms with Gasteiger partial charge in [0.25, 0.3) is 10.0 Å². The Balaban J connectivity index is 2.63. The first-order chi connectivity index (χ1) is 11.1. The normalized spacial score (nSPS) is 11.4. The fraction of sp³-hybridized carbons (Fsp3) is 0.0714. The molecule has 0 heterocycles. The number of carbonyl (C=O) groups excluding carboxylic acids is 1. The van der Waals surface area contributed by atoms with E-state index in [-0.39, 0.29) is 25.7 Å². The van der Waals surface area contributed by atoms with Crippen molar-refractivity contribution in [3.63, 3.8) is 0 Å². The Hall–Kier alpha value is -0.690. The van der Waals surface area contributed by atoms with Gasteiger partial charge in [-0.3, -0.25) is 9.10 Å². The Morgan fingerprint density at radius 1 is 0.917 bits per heavy atom. The first kappa shape index (κ1) is 19.6. The molecule has 0 bridgehead atoms. The molecule has 0 saturated carbocycles. The van der Waals surface area contributed by atoms with E-state index in [2.05, 4.69) is 0 Å². The van der Waals surface area contributed by atoms with Crippen LogP contribution in [0, 0.1) is 0 Å². The van der Waals surface area contributed by atoms with Gasteiger partial charge in [-0.05, 0) is 48.0 Å². The summed E-state index contributed by atoms with van der Waals surface area (Å²) >= 11 is 29.0. The third-order valence-corrected chi connectivity index (χ3v) is 6.10. The predicted molar refractivity (Wildman–Crippen MR) is 98.3 cm³/mol. The van der Waals surface area contributed by atoms with E-state index in [0.717, 1.165) is 4.31 Å². The molecule has 0 aliphatic carbocycles. The summed E-state index contributed by atoms with van der Waals surface area (Å²) in [5.41, 5.74) is -0.0185. The summed E-state index contributed by atoms with van der Waals surface area (Å²) in [5, 5.41) is -0.308. The highest BCUT2D eigenvalue weighted by molar-refractivity contribution is 7.92. The van der Waals surface area contributed by atoms with E-state index in [1.165, 1.54) is 36.4 Å². The molecular formula is C14H8Cl5NO3S. The van der Waals surface area contributed by atoms with Crippen LogP contribution in [-0.2, 0) is 14.8 Å². The number of rotatable bonds is 5. The van der Waals surface area contributed by atoms with Crippen molar-refractivity contribution < 1.29 is 13.2 Å². The van der Waals surface area contributed by atoms with Crippen molar-refractivity contribution in [1.82, 2.24) is 0 Å². The van der Waals surface area contributed by atoms with Crippen molar-refractivity contribution in [2.45, 2.75) is 4.90 Å². The van der Waals surface area contributed by atoms with Crippen molar-refractivity contribution in [3.8, 4) is 0 Å². The van der Waals surface area contributed by atoms with Crippen LogP contribution >= 0.6 is 58.0 Å². The second kappa shape index (κ2) is 7.68. The molecule has 0 N–H and O–H groups in total. The standard InChI is InChI=1S/C14H8Cl5NO3S/c15-8-1-3-9(4-2-8)24(22,23)20(7-14(19)21)13-6-11(17)10(16)5-12(13)18/h1-6H,7H2. The molecule has 24 heavy (non-hydrogen) atoms. The third kappa shape index (κ3) is 4.28. The van der Waals surface area contributed by atoms with E-state index < -0.39 is 21.8 Å². The molecule has 0 atom stereocenters. The van der Waals surface area contributed by atoms with Gasteiger partial charge >= 0.3 is 0 Å². The Bertz CT molecular complexity index is 884. The number of halogens is 5. The molecule has 0 aliphatic heterocycles. The van der Waals surface area contributed by atoms with Gasteiger partial charge in [0.2, 0.25) is 5.24 Å². The van der Waals surface area contributed by atoms with Crippen LogP contribution in [0.15, 0.2) is 41.3 Å². The lowest BCUT2D eigenvalue weighted by atomic mass is 10.3. The highest BCUT2D eigenvalue weighted by atomic mass is 35.5. The number of anilines is 1. The zero-order valence-corrected chi connectivity index (χ0v) is 16.2. The molecule has 0 saturated heterocycles. The maximum absolute atomic E-state index is 12.9. The molecule has 0 aromatic heterocycles. The zero-order chi connectivity index (χ0) is 18.1. The van der Waals surface area contributed by atoms with Crippen molar-refractivity contribution in [1.29, 1.82) is 0 Å². The average molecular weight is 448 g/mol. The summed E-state index contributed by atoms with van der Waals surface area (Å²) in [6, 6.07) is 7.95. The summed E-state index contributed by atoms with van der Waals surface area (Å²) < 4.78 is 26.5. The summed E-state index contributed by atoms with van der Waals surface area (Å²) in [4.78, 5) is 11.3. The molecule has 0 radical (unpaired) electrons. The van der Waals surface area contributed by atoms with E-state index in [9.17, 15) is 13.2 Å². The summed E-state index contributed by atoms with van der Waals surface area (Å²) in [7, 11) is -4.13. The molecule has 0 amide bonds. The van der Waals surface area contributed by atoms with Gasteiger partial charge < -0.3 is 0 Å². The smallest absolute Gasteiger partial charge is 0.264 e. The number of benzene rings is 2. The number of carbonyl (C=O) groups is 1. The van der Waals surface area contributed by atoms with Gasteiger partial charge in [-0.15, -0.1) is 0 Å². The number of sulfonamides is 1. The third-order valence-electron chi connectivity index (χ3n) is 2.93. The first-order valence-corrected chi connectivity index (χ1v) is 9.57. The number of hydrogen-bond acceptors (Lipinski definition) is 3. The molecule has 4 nitrogen and oxygen atoms in total. The molecule has 0 unspecified atom stereocenters. The van der Waals surface area contributed by atoms with Gasteiger partial charge in [0.1, 0.15) is 6.54 Å². The van der Waals surface area contributed by atoms with Crippen LogP contribution in [0.1, 0.15) is 0 Å². The maximum atomic E-state index is 12.9. The SMILES string of the molecule is O=C(Cl)CN(c1cc(Cl)c(Cl)cc1Cl)S(=O)(=O)c1ccc(Cl)cc1. The van der Waals surface area contributed by atoms with Gasteiger partial charge in [0.05, 0.1) is 25.7 Å². The summed E-state index contributed by atoms with van der Waals surface area (Å²) in [6.07, 6.45) is 0. The molecule has 128 valence electrons. The quantitative estimate of drug-likeness (QED) is 0.464. The molecule has 2 aromatic carbocycles. The highest BCUT2D eigenvalue weighted by Crippen LogP contribution is 2.37. The van der Waals surface area contributed by atoms with Crippen LogP contribution in [0.4, 0.5) is 5.69 Å². The van der Waals surface area contributed by atoms with E-state index in [1.54, 1.807) is 0 Å². The van der Waals surface area contributed by atoms with Gasteiger partial charge in [-0.1, -0.05) is 46.4 Å². The Kier molecular flexibility index (Phi) is 6.29. The van der Waals surface area contributed by atoms with Crippen molar-refractivity contribution >= 4 is 79.0 Å². The van der Waals surface area contributed by atoms with Crippen LogP contribution in [0.5, 0.6) is 0 Å². The minimum absolute atomic E-state index is 0.000134. The minimum atomic E-state index is -4.13. The van der Waals surface area contributed by atoms with Crippen molar-refractivity contribution in [2.24, 2.45) is 0 Å². The van der Waals surface area contributed by atoms with Gasteiger partial charge in [-0.25, -0.2) is 8.42 Å². The van der Waals surface area contributed by atoms with Crippen molar-refractivity contribution in [3.05, 3.63) is 56.5 Å². The van der Waals surface area contributed by atoms with Crippen LogP contribution in [0.25, 0.3) is 0 Å². The second-order valence-corrected chi connectivity index (χ2v) is 8.48. The fourth-order valence-corrected chi connectivity index (χ4v) is 4.29. The molecule has 2 rings (SSSR count). The van der Waals surface area contributed by atoms with E-state index in [0.29, 0.717) is 5.02 Å². The summed E-state index contributed by atoms with van der Waals surface area (Å²) in [6.45, 7) is -0.635. The fourth-order valence-electron chi connectivity index (χ4n) is 1.85. The molecular weight excluding hydrogens is 439 g/mol. The van der Waals surface area contributed by atoms with Crippen LogP contribution in [0.3, 0.4) is 0 Å². The Labute approximate surface area is 163 Å². The van der Waals surface area contributed by atoms with E-state index in [4.69, 9.17) is 58.0 Å². The largest absolute Gasteiger partial charge is 0.279 e. The highest BCUT2D eigenvalue weighted by Gasteiger charge is 2.29. The Morgan fingerprint density at radius 2 is 1.46 bits per heavy atom.